The fraction of sp³-hybridized carbons (Fsp3) is 0.417. The van der Waals surface area contributed by atoms with Gasteiger partial charge in [-0.15, -0.1) is 0 Å². The minimum Gasteiger partial charge on any atom is -0.478 e. The molecule has 90 valence electrons. The zero-order valence-electron chi connectivity index (χ0n) is 9.56. The van der Waals surface area contributed by atoms with Crippen LogP contribution in [0.3, 0.4) is 0 Å². The number of hydrogen-bond donors (Lipinski definition) is 2. The molecule has 1 aliphatic rings. The molecule has 5 nitrogen and oxygen atoms in total. The molecule has 0 aliphatic heterocycles. The summed E-state index contributed by atoms with van der Waals surface area (Å²) in [5.41, 5.74) is -0.286. The maximum absolute atomic E-state index is 11.9. The zero-order valence-corrected chi connectivity index (χ0v) is 9.56. The molecule has 1 fully saturated rings. The lowest BCUT2D eigenvalue weighted by Crippen LogP contribution is -2.51. The van der Waals surface area contributed by atoms with Crippen molar-refractivity contribution in [2.24, 2.45) is 0 Å². The Balaban J connectivity index is 2.21. The van der Waals surface area contributed by atoms with Crippen LogP contribution in [0.5, 0.6) is 0 Å². The van der Waals surface area contributed by atoms with E-state index in [1.54, 1.807) is 0 Å². The van der Waals surface area contributed by atoms with Crippen LogP contribution < -0.4 is 5.32 Å². The number of aromatic carboxylic acids is 1. The number of carboxylic acid groups (broad SMARTS) is 1. The van der Waals surface area contributed by atoms with Gasteiger partial charge in [-0.3, -0.25) is 9.78 Å². The van der Waals surface area contributed by atoms with Gasteiger partial charge in [-0.05, 0) is 38.3 Å². The van der Waals surface area contributed by atoms with Gasteiger partial charge < -0.3 is 10.4 Å². The molecule has 1 saturated carbocycles. The Bertz CT molecular complexity index is 467. The van der Waals surface area contributed by atoms with Crippen molar-refractivity contribution in [3.63, 3.8) is 0 Å². The second-order valence-electron chi connectivity index (χ2n) is 4.57. The Morgan fingerprint density at radius 1 is 1.47 bits per heavy atom. The summed E-state index contributed by atoms with van der Waals surface area (Å²) in [6, 6.07) is 2.89. The molecule has 1 aromatic heterocycles. The van der Waals surface area contributed by atoms with Crippen LogP contribution in [0.15, 0.2) is 18.3 Å². The summed E-state index contributed by atoms with van der Waals surface area (Å²) in [5.74, 6) is -1.55. The van der Waals surface area contributed by atoms with Crippen molar-refractivity contribution in [1.29, 1.82) is 0 Å². The molecule has 0 radical (unpaired) electrons. The molecule has 1 aliphatic carbocycles. The highest BCUT2D eigenvalue weighted by Gasteiger charge is 2.34. The summed E-state index contributed by atoms with van der Waals surface area (Å²) in [4.78, 5) is 26.7. The molecule has 0 saturated heterocycles. The third-order valence-electron chi connectivity index (χ3n) is 3.13. The van der Waals surface area contributed by atoms with E-state index >= 15 is 0 Å². The molecule has 0 bridgehead atoms. The van der Waals surface area contributed by atoms with E-state index in [1.165, 1.54) is 18.3 Å². The van der Waals surface area contributed by atoms with Crippen LogP contribution in [0, 0.1) is 0 Å². The van der Waals surface area contributed by atoms with E-state index in [9.17, 15) is 9.59 Å². The predicted molar refractivity (Wildman–Crippen MR) is 60.9 cm³/mol. The summed E-state index contributed by atoms with van der Waals surface area (Å²) < 4.78 is 0. The van der Waals surface area contributed by atoms with Gasteiger partial charge in [0.15, 0.2) is 0 Å². The average Bonchev–Trinajstić information content (AvgIpc) is 2.26. The molecule has 0 atom stereocenters. The molecule has 1 aromatic rings. The summed E-state index contributed by atoms with van der Waals surface area (Å²) in [7, 11) is 0. The van der Waals surface area contributed by atoms with Gasteiger partial charge in [0.05, 0.1) is 5.56 Å². The summed E-state index contributed by atoms with van der Waals surface area (Å²) in [6.45, 7) is 1.96. The highest BCUT2D eigenvalue weighted by atomic mass is 16.4. The topological polar surface area (TPSA) is 79.3 Å². The molecular weight excluding hydrogens is 220 g/mol. The zero-order chi connectivity index (χ0) is 12.5. The molecule has 2 N–H and O–H groups in total. The van der Waals surface area contributed by atoms with Crippen molar-refractivity contribution >= 4 is 11.9 Å². The van der Waals surface area contributed by atoms with Gasteiger partial charge in [-0.2, -0.15) is 0 Å². The summed E-state index contributed by atoms with van der Waals surface area (Å²) >= 11 is 0. The lowest BCUT2D eigenvalue weighted by atomic mass is 9.78. The number of pyridine rings is 1. The third-order valence-corrected chi connectivity index (χ3v) is 3.13. The van der Waals surface area contributed by atoms with Gasteiger partial charge in [0.2, 0.25) is 0 Å². The second kappa shape index (κ2) is 4.16. The summed E-state index contributed by atoms with van der Waals surface area (Å²) in [6.07, 6.45) is 4.36. The van der Waals surface area contributed by atoms with Crippen LogP contribution in [0.4, 0.5) is 0 Å². The maximum Gasteiger partial charge on any atom is 0.338 e. The molecule has 0 aromatic carbocycles. The molecule has 0 spiro atoms. The van der Waals surface area contributed by atoms with E-state index in [2.05, 4.69) is 10.3 Å². The van der Waals surface area contributed by atoms with Crippen LogP contribution in [-0.2, 0) is 0 Å². The van der Waals surface area contributed by atoms with Crippen molar-refractivity contribution in [2.75, 3.05) is 0 Å². The van der Waals surface area contributed by atoms with E-state index < -0.39 is 11.9 Å². The molecular formula is C12H14N2O3. The first kappa shape index (κ1) is 11.6. The largest absolute Gasteiger partial charge is 0.478 e. The van der Waals surface area contributed by atoms with E-state index in [1.807, 2.05) is 6.92 Å². The van der Waals surface area contributed by atoms with Crippen LogP contribution in [0.25, 0.3) is 0 Å². The van der Waals surface area contributed by atoms with Crippen LogP contribution >= 0.6 is 0 Å². The number of carbonyl (C=O) groups excluding carboxylic acids is 1. The van der Waals surface area contributed by atoms with Crippen molar-refractivity contribution in [3.8, 4) is 0 Å². The van der Waals surface area contributed by atoms with Gasteiger partial charge in [-0.25, -0.2) is 4.79 Å². The number of aromatic nitrogens is 1. The van der Waals surface area contributed by atoms with Crippen LogP contribution in [0.1, 0.15) is 47.0 Å². The normalized spacial score (nSPS) is 17.0. The van der Waals surface area contributed by atoms with Gasteiger partial charge in [0.1, 0.15) is 5.69 Å². The Morgan fingerprint density at radius 2 is 2.18 bits per heavy atom. The monoisotopic (exact) mass is 234 g/mol. The first-order valence-corrected chi connectivity index (χ1v) is 5.53. The van der Waals surface area contributed by atoms with E-state index in [-0.39, 0.29) is 16.8 Å². The van der Waals surface area contributed by atoms with Crippen LogP contribution in [-0.4, -0.2) is 27.5 Å². The number of amides is 1. The number of hydrogen-bond acceptors (Lipinski definition) is 3. The van der Waals surface area contributed by atoms with Crippen molar-refractivity contribution in [1.82, 2.24) is 10.3 Å². The quantitative estimate of drug-likeness (QED) is 0.829. The smallest absolute Gasteiger partial charge is 0.338 e. The van der Waals surface area contributed by atoms with Gasteiger partial charge in [0, 0.05) is 11.7 Å². The maximum atomic E-state index is 11.9. The molecule has 1 heterocycles. The minimum absolute atomic E-state index is 0.0203. The van der Waals surface area contributed by atoms with Gasteiger partial charge >= 0.3 is 5.97 Å². The number of nitrogens with one attached hydrogen (secondary N) is 1. The Hall–Kier alpha value is -1.91. The molecule has 1 amide bonds. The highest BCUT2D eigenvalue weighted by molar-refractivity contribution is 6.03. The lowest BCUT2D eigenvalue weighted by Gasteiger charge is -2.39. The molecule has 2 rings (SSSR count). The Morgan fingerprint density at radius 3 is 2.71 bits per heavy atom. The Labute approximate surface area is 98.9 Å². The molecule has 17 heavy (non-hydrogen) atoms. The van der Waals surface area contributed by atoms with Crippen molar-refractivity contribution in [3.05, 3.63) is 29.6 Å². The first-order valence-electron chi connectivity index (χ1n) is 5.53. The number of carboxylic acids is 1. The van der Waals surface area contributed by atoms with Gasteiger partial charge in [0.25, 0.3) is 5.91 Å². The fourth-order valence-corrected chi connectivity index (χ4v) is 1.92. The van der Waals surface area contributed by atoms with Crippen molar-refractivity contribution in [2.45, 2.75) is 31.7 Å². The SMILES string of the molecule is CC1(NC(=O)c2ncccc2C(=O)O)CCC1. The van der Waals surface area contributed by atoms with Crippen molar-refractivity contribution < 1.29 is 14.7 Å². The van der Waals surface area contributed by atoms with E-state index in [0.29, 0.717) is 0 Å². The summed E-state index contributed by atoms with van der Waals surface area (Å²) in [5, 5.41) is 11.8. The lowest BCUT2D eigenvalue weighted by molar-refractivity contribution is 0.0685. The predicted octanol–water partition coefficient (Wildman–Crippen LogP) is 1.45. The van der Waals surface area contributed by atoms with E-state index in [0.717, 1.165) is 19.3 Å². The second-order valence-corrected chi connectivity index (χ2v) is 4.57. The van der Waals surface area contributed by atoms with Gasteiger partial charge in [-0.1, -0.05) is 0 Å². The third kappa shape index (κ3) is 2.27. The fourth-order valence-electron chi connectivity index (χ4n) is 1.92. The average molecular weight is 234 g/mol. The van der Waals surface area contributed by atoms with Crippen LogP contribution in [0.2, 0.25) is 0 Å². The molecule has 5 heteroatoms. The standard InChI is InChI=1S/C12H14N2O3/c1-12(5-3-6-12)14-10(15)9-8(11(16)17)4-2-7-13-9/h2,4,7H,3,5-6H2,1H3,(H,14,15)(H,16,17). The number of nitrogens with zero attached hydrogens (tertiary/aromatic N) is 1. The number of rotatable bonds is 3. The highest BCUT2D eigenvalue weighted by Crippen LogP contribution is 2.31. The number of carbonyl (C=O) groups is 2. The first-order chi connectivity index (χ1) is 8.02. The van der Waals surface area contributed by atoms with E-state index in [4.69, 9.17) is 5.11 Å². The molecule has 0 unspecified atom stereocenters. The Kier molecular flexibility index (Phi) is 2.83. The minimum atomic E-state index is -1.14.